The Morgan fingerprint density at radius 2 is 1.95 bits per heavy atom. The molecule has 1 N–H and O–H groups in total. The minimum atomic E-state index is 0.750. The lowest BCUT2D eigenvalue weighted by Crippen LogP contribution is -2.11. The summed E-state index contributed by atoms with van der Waals surface area (Å²) in [5.41, 5.74) is 3.04. The van der Waals surface area contributed by atoms with Gasteiger partial charge in [-0.15, -0.1) is 0 Å². The molecule has 0 amide bonds. The highest BCUT2D eigenvalue weighted by atomic mass is 16.1. The molecule has 1 aromatic heterocycles. The summed E-state index contributed by atoms with van der Waals surface area (Å²) >= 11 is 0. The Balaban J connectivity index is 0. The van der Waals surface area contributed by atoms with Gasteiger partial charge in [0.2, 0.25) is 0 Å². The van der Waals surface area contributed by atoms with E-state index in [4.69, 9.17) is 4.79 Å². The number of carbonyl (C=O) groups is 1. The summed E-state index contributed by atoms with van der Waals surface area (Å²) < 4.78 is 0. The predicted octanol–water partition coefficient (Wildman–Crippen LogP) is 3.83. The van der Waals surface area contributed by atoms with Gasteiger partial charge in [-0.3, -0.25) is 4.98 Å². The van der Waals surface area contributed by atoms with Crippen molar-refractivity contribution in [3.63, 3.8) is 0 Å². The van der Waals surface area contributed by atoms with Gasteiger partial charge >= 0.3 is 0 Å². The molecule has 116 valence electrons. The van der Waals surface area contributed by atoms with E-state index >= 15 is 0 Å². The van der Waals surface area contributed by atoms with Gasteiger partial charge < -0.3 is 10.1 Å². The summed E-state index contributed by atoms with van der Waals surface area (Å²) in [4.78, 5) is 13.4. The van der Waals surface area contributed by atoms with Crippen LogP contribution in [0.2, 0.25) is 0 Å². The number of likely N-dealkylation sites (N-methyl/N-ethyl adjacent to an activating group) is 1. The molecule has 0 spiro atoms. The monoisotopic (exact) mass is 288 g/mol. The van der Waals surface area contributed by atoms with Crippen LogP contribution < -0.4 is 5.32 Å². The fourth-order valence-electron chi connectivity index (χ4n) is 1.42. The second kappa shape index (κ2) is 16.1. The molecule has 1 aromatic rings. The van der Waals surface area contributed by atoms with Gasteiger partial charge in [-0.2, -0.15) is 0 Å². The second-order valence-electron chi connectivity index (χ2n) is 3.67. The molecule has 0 aromatic carbocycles. The summed E-state index contributed by atoms with van der Waals surface area (Å²) in [5.74, 6) is 0. The first-order valence-electron chi connectivity index (χ1n) is 7.19. The van der Waals surface area contributed by atoms with Crippen molar-refractivity contribution in [3.05, 3.63) is 61.0 Å². The average Bonchev–Trinajstić information content (AvgIpc) is 2.53. The lowest BCUT2D eigenvalue weighted by atomic mass is 10.1. The maximum Gasteiger partial charge on any atom is 0.116 e. The predicted molar refractivity (Wildman–Crippen MR) is 93.3 cm³/mol. The molecule has 21 heavy (non-hydrogen) atoms. The van der Waals surface area contributed by atoms with Crippen LogP contribution in [-0.2, 0) is 11.2 Å². The van der Waals surface area contributed by atoms with Crippen molar-refractivity contribution in [2.45, 2.75) is 27.2 Å². The lowest BCUT2D eigenvalue weighted by Gasteiger charge is -2.04. The molecule has 1 heterocycles. The van der Waals surface area contributed by atoms with Crippen molar-refractivity contribution in [3.8, 4) is 0 Å². The van der Waals surface area contributed by atoms with Crippen molar-refractivity contribution in [1.82, 2.24) is 10.3 Å². The first kappa shape index (κ1) is 21.3. The van der Waals surface area contributed by atoms with Crippen LogP contribution in [0.4, 0.5) is 0 Å². The molecular weight excluding hydrogens is 260 g/mol. The van der Waals surface area contributed by atoms with Crippen LogP contribution in [0.15, 0.2) is 49.6 Å². The van der Waals surface area contributed by atoms with Crippen LogP contribution >= 0.6 is 0 Å². The van der Waals surface area contributed by atoms with Gasteiger partial charge in [-0.25, -0.2) is 0 Å². The number of hydrogen-bond acceptors (Lipinski definition) is 3. The maximum atomic E-state index is 8.81. The molecule has 3 nitrogen and oxygen atoms in total. The summed E-state index contributed by atoms with van der Waals surface area (Å²) in [7, 11) is 1.94. The summed E-state index contributed by atoms with van der Waals surface area (Å²) in [5, 5.41) is 3.11. The highest BCUT2D eigenvalue weighted by molar-refractivity contribution is 5.72. The van der Waals surface area contributed by atoms with Crippen LogP contribution in [0, 0.1) is 0 Å². The van der Waals surface area contributed by atoms with Crippen LogP contribution in [0.3, 0.4) is 0 Å². The standard InChI is InChI=1S/C14H18N2.C2H4O.C2H6/c1-4-7-12(5-2)14-9-6-8-13(16-14)10-11-15-3;1-2-3;1-2/h4-9,15H,1-2,10-11H2,3H3;2H,1H3;1-2H3/b12-7+;;. The minimum absolute atomic E-state index is 0.750. The van der Waals surface area contributed by atoms with Gasteiger partial charge in [0.1, 0.15) is 6.29 Å². The Kier molecular flexibility index (Phi) is 16.3. The molecule has 0 radical (unpaired) electrons. The van der Waals surface area contributed by atoms with E-state index in [-0.39, 0.29) is 0 Å². The van der Waals surface area contributed by atoms with E-state index in [1.165, 1.54) is 6.92 Å². The molecule has 1 rings (SSSR count). The van der Waals surface area contributed by atoms with Gasteiger partial charge in [0.15, 0.2) is 0 Å². The van der Waals surface area contributed by atoms with Crippen molar-refractivity contribution >= 4 is 11.9 Å². The van der Waals surface area contributed by atoms with Crippen molar-refractivity contribution in [1.29, 1.82) is 0 Å². The van der Waals surface area contributed by atoms with Crippen molar-refractivity contribution in [2.75, 3.05) is 13.6 Å². The fraction of sp³-hybridized carbons (Fsp3) is 0.333. The lowest BCUT2D eigenvalue weighted by molar-refractivity contribution is -0.106. The van der Waals surface area contributed by atoms with Gasteiger partial charge in [0.05, 0.1) is 5.69 Å². The van der Waals surface area contributed by atoms with E-state index in [1.54, 1.807) is 12.2 Å². The number of aldehydes is 1. The van der Waals surface area contributed by atoms with E-state index in [1.807, 2.05) is 45.2 Å². The molecule has 0 aliphatic carbocycles. The number of pyridine rings is 1. The van der Waals surface area contributed by atoms with E-state index in [2.05, 4.69) is 23.5 Å². The fourth-order valence-corrected chi connectivity index (χ4v) is 1.42. The third-order valence-corrected chi connectivity index (χ3v) is 2.25. The summed E-state index contributed by atoms with van der Waals surface area (Å²) in [6.45, 7) is 13.8. The van der Waals surface area contributed by atoms with Gasteiger partial charge in [-0.1, -0.05) is 51.3 Å². The number of nitrogens with zero attached hydrogens (tertiary/aromatic N) is 1. The number of aromatic nitrogens is 1. The van der Waals surface area contributed by atoms with Crippen LogP contribution in [0.25, 0.3) is 5.57 Å². The van der Waals surface area contributed by atoms with Gasteiger partial charge in [-0.05, 0) is 31.7 Å². The smallest absolute Gasteiger partial charge is 0.116 e. The second-order valence-corrected chi connectivity index (χ2v) is 3.67. The number of allylic oxidation sites excluding steroid dienone is 4. The van der Waals surface area contributed by atoms with E-state index < -0.39 is 0 Å². The van der Waals surface area contributed by atoms with E-state index in [9.17, 15) is 0 Å². The van der Waals surface area contributed by atoms with Crippen LogP contribution in [-0.4, -0.2) is 24.9 Å². The summed E-state index contributed by atoms with van der Waals surface area (Å²) in [6, 6.07) is 6.04. The van der Waals surface area contributed by atoms with Crippen LogP contribution in [0.1, 0.15) is 32.2 Å². The van der Waals surface area contributed by atoms with Crippen molar-refractivity contribution in [2.24, 2.45) is 0 Å². The Bertz CT molecular complexity index is 437. The molecular formula is C18H28N2O. The Labute approximate surface area is 129 Å². The minimum Gasteiger partial charge on any atom is -0.319 e. The topological polar surface area (TPSA) is 42.0 Å². The Hall–Kier alpha value is -2.00. The largest absolute Gasteiger partial charge is 0.319 e. The highest BCUT2D eigenvalue weighted by Gasteiger charge is 2.00. The molecule has 0 bridgehead atoms. The first-order valence-corrected chi connectivity index (χ1v) is 7.19. The number of hydrogen-bond donors (Lipinski definition) is 1. The highest BCUT2D eigenvalue weighted by Crippen LogP contribution is 2.13. The third kappa shape index (κ3) is 10.4. The third-order valence-electron chi connectivity index (χ3n) is 2.25. The molecule has 0 fully saturated rings. The van der Waals surface area contributed by atoms with E-state index in [0.29, 0.717) is 0 Å². The van der Waals surface area contributed by atoms with Crippen LogP contribution in [0.5, 0.6) is 0 Å². The van der Waals surface area contributed by atoms with Gasteiger partial charge in [0.25, 0.3) is 0 Å². The molecule has 0 saturated carbocycles. The Morgan fingerprint density at radius 1 is 1.33 bits per heavy atom. The zero-order chi connectivity index (χ0) is 16.5. The molecule has 0 unspecified atom stereocenters. The van der Waals surface area contributed by atoms with E-state index in [0.717, 1.165) is 36.2 Å². The average molecular weight is 288 g/mol. The molecule has 0 saturated heterocycles. The summed E-state index contributed by atoms with van der Waals surface area (Å²) in [6.07, 6.45) is 7.14. The molecule has 3 heteroatoms. The molecule has 0 aliphatic rings. The number of carbonyl (C=O) groups excluding carboxylic acids is 1. The maximum absolute atomic E-state index is 8.81. The van der Waals surface area contributed by atoms with Crippen molar-refractivity contribution < 1.29 is 4.79 Å². The number of nitrogens with one attached hydrogen (secondary N) is 1. The quantitative estimate of drug-likeness (QED) is 0.639. The van der Waals surface area contributed by atoms with Gasteiger partial charge in [0, 0.05) is 18.7 Å². The zero-order valence-corrected chi connectivity index (χ0v) is 13.7. The normalized spacial score (nSPS) is 9.43. The number of rotatable bonds is 6. The first-order chi connectivity index (χ1) is 10.2. The zero-order valence-electron chi connectivity index (χ0n) is 13.7. The SMILES string of the molecule is C=C/C=C(\C=C)c1cccc(CCNC)n1.CC.CC=O. The molecule has 0 aliphatic heterocycles. The Morgan fingerprint density at radius 3 is 2.43 bits per heavy atom. The molecule has 0 atom stereocenters.